The van der Waals surface area contributed by atoms with Crippen LogP contribution in [0.2, 0.25) is 6.04 Å². The Morgan fingerprint density at radius 1 is 1.62 bits per heavy atom. The zero-order chi connectivity index (χ0) is 10.1. The predicted molar refractivity (Wildman–Crippen MR) is 55.6 cm³/mol. The van der Waals surface area contributed by atoms with Crippen LogP contribution in [0.5, 0.6) is 0 Å². The molecule has 0 unspecified atom stereocenters. The minimum Gasteiger partial charge on any atom is -0.478 e. The van der Waals surface area contributed by atoms with Crippen LogP contribution in [0.1, 0.15) is 26.7 Å². The van der Waals surface area contributed by atoms with Gasteiger partial charge in [-0.3, -0.25) is 0 Å². The molecule has 0 aromatic heterocycles. The van der Waals surface area contributed by atoms with Crippen molar-refractivity contribution in [2.75, 3.05) is 6.61 Å². The van der Waals surface area contributed by atoms with Gasteiger partial charge in [0.15, 0.2) is 9.76 Å². The number of hydrogen-bond donors (Lipinski definition) is 1. The Bertz CT molecular complexity index is 178. The predicted octanol–water partition coefficient (Wildman–Crippen LogP) is 1.34. The fraction of sp³-hybridized carbons (Fsp3) is 0.667. The maximum Gasteiger partial charge on any atom is 0.330 e. The van der Waals surface area contributed by atoms with E-state index in [2.05, 4.69) is 0 Å². The number of aliphatic carboxylic acids is 1. The zero-order valence-corrected chi connectivity index (χ0v) is 9.79. The molecule has 13 heavy (non-hydrogen) atoms. The number of carboxylic acid groups (broad SMARTS) is 1. The van der Waals surface area contributed by atoms with Crippen LogP contribution in [-0.2, 0) is 9.22 Å². The second kappa shape index (κ2) is 8.01. The molecule has 0 aliphatic rings. The number of hydrogen-bond acceptors (Lipinski definition) is 2. The van der Waals surface area contributed by atoms with Crippen molar-refractivity contribution >= 4 is 15.7 Å². The summed E-state index contributed by atoms with van der Waals surface area (Å²) in [5, 5.41) is 8.54. The van der Waals surface area contributed by atoms with Gasteiger partial charge in [0.25, 0.3) is 0 Å². The van der Waals surface area contributed by atoms with Gasteiger partial charge in [-0.2, -0.15) is 0 Å². The highest BCUT2D eigenvalue weighted by Gasteiger charge is 1.97. The Morgan fingerprint density at radius 3 is 2.85 bits per heavy atom. The average molecular weight is 202 g/mol. The van der Waals surface area contributed by atoms with E-state index in [0.29, 0.717) is 5.57 Å². The van der Waals surface area contributed by atoms with E-state index in [1.54, 1.807) is 13.0 Å². The van der Waals surface area contributed by atoms with Crippen LogP contribution in [0.4, 0.5) is 0 Å². The van der Waals surface area contributed by atoms with E-state index in [1.807, 2.05) is 6.92 Å². The number of rotatable bonds is 7. The summed E-state index contributed by atoms with van der Waals surface area (Å²) in [5.74, 6) is -0.818. The van der Waals surface area contributed by atoms with Crippen LogP contribution in [0.25, 0.3) is 0 Å². The summed E-state index contributed by atoms with van der Waals surface area (Å²) in [5.41, 5.74) is 0.443. The molecule has 0 bridgehead atoms. The molecule has 0 amide bonds. The van der Waals surface area contributed by atoms with E-state index in [4.69, 9.17) is 9.53 Å². The van der Waals surface area contributed by atoms with Crippen molar-refractivity contribution in [1.82, 2.24) is 0 Å². The van der Waals surface area contributed by atoms with Crippen LogP contribution in [0.3, 0.4) is 0 Å². The second-order valence-corrected chi connectivity index (χ2v) is 4.41. The van der Waals surface area contributed by atoms with Crippen molar-refractivity contribution < 1.29 is 14.3 Å². The quantitative estimate of drug-likeness (QED) is 0.385. The van der Waals surface area contributed by atoms with Crippen LogP contribution < -0.4 is 0 Å². The van der Waals surface area contributed by atoms with Crippen molar-refractivity contribution in [1.29, 1.82) is 0 Å². The Labute approximate surface area is 81.7 Å². The minimum absolute atomic E-state index is 0.330. The van der Waals surface area contributed by atoms with Crippen LogP contribution in [0.15, 0.2) is 11.6 Å². The zero-order valence-electron chi connectivity index (χ0n) is 8.38. The summed E-state index contributed by atoms with van der Waals surface area (Å²) in [6.07, 6.45) is 3.69. The molecule has 0 aromatic carbocycles. The maximum atomic E-state index is 10.4. The summed E-state index contributed by atoms with van der Waals surface area (Å²) < 4.78 is 5.29. The summed E-state index contributed by atoms with van der Waals surface area (Å²) >= 11 is 0. The van der Waals surface area contributed by atoms with Gasteiger partial charge in [-0.25, -0.2) is 4.79 Å². The molecule has 0 aliphatic carbocycles. The highest BCUT2D eigenvalue weighted by atomic mass is 28.2. The van der Waals surface area contributed by atoms with Gasteiger partial charge in [-0.15, -0.1) is 0 Å². The van der Waals surface area contributed by atoms with Gasteiger partial charge in [0.2, 0.25) is 0 Å². The molecule has 0 aliphatic heterocycles. The highest BCUT2D eigenvalue weighted by molar-refractivity contribution is 6.26. The molecule has 0 spiro atoms. The first kappa shape index (κ1) is 12.4. The van der Waals surface area contributed by atoms with Gasteiger partial charge in [0, 0.05) is 12.2 Å². The van der Waals surface area contributed by atoms with Gasteiger partial charge in [0.05, 0.1) is 0 Å². The van der Waals surface area contributed by atoms with Crippen molar-refractivity contribution in [3.8, 4) is 0 Å². The van der Waals surface area contributed by atoms with Crippen LogP contribution in [-0.4, -0.2) is 27.4 Å². The number of carbonyl (C=O) groups is 1. The van der Waals surface area contributed by atoms with E-state index in [-0.39, 0.29) is 9.76 Å². The summed E-state index contributed by atoms with van der Waals surface area (Å²) in [7, 11) is -0.330. The molecule has 1 N–H and O–H groups in total. The number of unbranched alkanes of at least 4 members (excludes halogenated alkanes) is 1. The molecule has 0 rings (SSSR count). The standard InChI is InChI=1S/C9H18O3Si/c1-3-12-13-7-5-4-6-8(2)9(10)11/h6H,3-5,7,13H2,1-2H3,(H,10,11)/b8-6+. The number of allylic oxidation sites excluding steroid dienone is 1. The van der Waals surface area contributed by atoms with E-state index in [0.717, 1.165) is 25.5 Å². The highest BCUT2D eigenvalue weighted by Crippen LogP contribution is 2.01. The topological polar surface area (TPSA) is 46.5 Å². The molecule has 0 saturated heterocycles. The van der Waals surface area contributed by atoms with E-state index >= 15 is 0 Å². The average Bonchev–Trinajstić information content (AvgIpc) is 2.10. The van der Waals surface area contributed by atoms with Crippen molar-refractivity contribution in [3.63, 3.8) is 0 Å². The first-order valence-corrected chi connectivity index (χ1v) is 6.24. The molecular formula is C9H18O3Si. The molecule has 4 heteroatoms. The summed E-state index contributed by atoms with van der Waals surface area (Å²) in [6, 6.07) is 1.14. The van der Waals surface area contributed by atoms with Gasteiger partial charge >= 0.3 is 5.97 Å². The van der Waals surface area contributed by atoms with Crippen LogP contribution >= 0.6 is 0 Å². The lowest BCUT2D eigenvalue weighted by atomic mass is 10.2. The summed E-state index contributed by atoms with van der Waals surface area (Å²) in [6.45, 7) is 4.44. The van der Waals surface area contributed by atoms with Gasteiger partial charge in [-0.1, -0.05) is 12.5 Å². The Hall–Kier alpha value is -0.613. The van der Waals surface area contributed by atoms with E-state index in [1.165, 1.54) is 0 Å². The normalized spacial score (nSPS) is 12.6. The van der Waals surface area contributed by atoms with E-state index in [9.17, 15) is 4.79 Å². The van der Waals surface area contributed by atoms with Crippen molar-refractivity contribution in [2.45, 2.75) is 32.7 Å². The third kappa shape index (κ3) is 7.74. The van der Waals surface area contributed by atoms with Crippen molar-refractivity contribution in [2.24, 2.45) is 0 Å². The minimum atomic E-state index is -0.818. The molecule has 76 valence electrons. The largest absolute Gasteiger partial charge is 0.478 e. The molecular weight excluding hydrogens is 184 g/mol. The van der Waals surface area contributed by atoms with Gasteiger partial charge in [-0.05, 0) is 26.3 Å². The SMILES string of the molecule is CCO[SiH2]CCC/C=C(\C)C(=O)O. The maximum absolute atomic E-state index is 10.4. The Kier molecular flexibility index (Phi) is 7.63. The lowest BCUT2D eigenvalue weighted by Crippen LogP contribution is -1.98. The third-order valence-electron chi connectivity index (χ3n) is 1.73. The molecule has 0 radical (unpaired) electrons. The molecule has 0 heterocycles. The molecule has 0 atom stereocenters. The lowest BCUT2D eigenvalue weighted by Gasteiger charge is -1.98. The fourth-order valence-corrected chi connectivity index (χ4v) is 1.88. The third-order valence-corrected chi connectivity index (χ3v) is 3.22. The molecule has 3 nitrogen and oxygen atoms in total. The van der Waals surface area contributed by atoms with Crippen molar-refractivity contribution in [3.05, 3.63) is 11.6 Å². The van der Waals surface area contributed by atoms with Gasteiger partial charge in [0.1, 0.15) is 0 Å². The first-order chi connectivity index (χ1) is 6.18. The Morgan fingerprint density at radius 2 is 2.31 bits per heavy atom. The molecule has 0 fully saturated rings. The number of carboxylic acids is 1. The first-order valence-electron chi connectivity index (χ1n) is 4.66. The molecule has 0 saturated carbocycles. The van der Waals surface area contributed by atoms with Crippen LogP contribution in [0, 0.1) is 0 Å². The molecule has 0 aromatic rings. The lowest BCUT2D eigenvalue weighted by molar-refractivity contribution is -0.132. The summed E-state index contributed by atoms with van der Waals surface area (Å²) in [4.78, 5) is 10.4. The Balaban J connectivity index is 3.34. The smallest absolute Gasteiger partial charge is 0.330 e. The van der Waals surface area contributed by atoms with Gasteiger partial charge < -0.3 is 9.53 Å². The van der Waals surface area contributed by atoms with E-state index < -0.39 is 5.97 Å². The fourth-order valence-electron chi connectivity index (χ4n) is 0.899. The monoisotopic (exact) mass is 202 g/mol. The second-order valence-electron chi connectivity index (χ2n) is 2.88.